The highest BCUT2D eigenvalue weighted by Crippen LogP contribution is 2.52. The van der Waals surface area contributed by atoms with Crippen molar-refractivity contribution < 1.29 is 33.8 Å². The minimum Gasteiger partial charge on any atom is -0.490 e. The highest BCUT2D eigenvalue weighted by atomic mass is 32.1. The van der Waals surface area contributed by atoms with Crippen LogP contribution in [0.2, 0.25) is 0 Å². The fourth-order valence-electron chi connectivity index (χ4n) is 6.06. The van der Waals surface area contributed by atoms with Crippen molar-refractivity contribution in [1.82, 2.24) is 25.1 Å². The van der Waals surface area contributed by atoms with E-state index in [0.717, 1.165) is 16.1 Å². The van der Waals surface area contributed by atoms with Crippen LogP contribution in [0.15, 0.2) is 42.0 Å². The third kappa shape index (κ3) is 6.67. The summed E-state index contributed by atoms with van der Waals surface area (Å²) in [7, 11) is 0. The van der Waals surface area contributed by atoms with E-state index in [1.54, 1.807) is 17.3 Å². The van der Waals surface area contributed by atoms with E-state index in [0.29, 0.717) is 68.6 Å². The monoisotopic (exact) mass is 621 g/mol. The summed E-state index contributed by atoms with van der Waals surface area (Å²) in [6.45, 7) is 5.79. The first-order valence-corrected chi connectivity index (χ1v) is 15.2. The van der Waals surface area contributed by atoms with E-state index in [9.17, 15) is 14.4 Å². The third-order valence-electron chi connectivity index (χ3n) is 8.10. The Balaban J connectivity index is 0.00000123. The number of hydrogen-bond donors (Lipinski definition) is 2. The minimum atomic E-state index is -0.536. The minimum absolute atomic E-state index is 0.0578. The van der Waals surface area contributed by atoms with Crippen molar-refractivity contribution >= 4 is 35.5 Å². The highest BCUT2D eigenvalue weighted by molar-refractivity contribution is 7.09. The molecule has 0 unspecified atom stereocenters. The molecule has 1 saturated heterocycles. The number of thiazole rings is 1. The molecule has 12 nitrogen and oxygen atoms in total. The summed E-state index contributed by atoms with van der Waals surface area (Å²) < 4.78 is 12.5. The molecule has 2 atom stereocenters. The molecule has 4 aliphatic rings. The molecule has 2 N–H and O–H groups in total. The zero-order chi connectivity index (χ0) is 31.3. The van der Waals surface area contributed by atoms with Gasteiger partial charge >= 0.3 is 0 Å². The normalized spacial score (nSPS) is 21.0. The number of carbonyl (C=O) groups is 4. The van der Waals surface area contributed by atoms with Crippen LogP contribution in [0, 0.1) is 19.3 Å². The molecule has 0 aliphatic carbocycles. The Kier molecular flexibility index (Phi) is 9.43. The van der Waals surface area contributed by atoms with Gasteiger partial charge in [-0.3, -0.25) is 24.2 Å². The van der Waals surface area contributed by atoms with E-state index in [2.05, 4.69) is 15.3 Å². The van der Waals surface area contributed by atoms with E-state index in [1.807, 2.05) is 48.4 Å². The van der Waals surface area contributed by atoms with Crippen LogP contribution in [0.3, 0.4) is 0 Å². The van der Waals surface area contributed by atoms with Gasteiger partial charge in [0, 0.05) is 60.8 Å². The first kappa shape index (κ1) is 30.9. The van der Waals surface area contributed by atoms with Crippen LogP contribution in [0.5, 0.6) is 11.5 Å². The maximum absolute atomic E-state index is 13.6. The van der Waals surface area contributed by atoms with Crippen molar-refractivity contribution in [1.29, 1.82) is 0 Å². The van der Waals surface area contributed by atoms with Gasteiger partial charge < -0.3 is 29.7 Å². The van der Waals surface area contributed by atoms with Crippen molar-refractivity contribution in [2.75, 3.05) is 45.9 Å². The Morgan fingerprint density at radius 2 is 2.05 bits per heavy atom. The van der Waals surface area contributed by atoms with Gasteiger partial charge in [-0.2, -0.15) is 0 Å². The summed E-state index contributed by atoms with van der Waals surface area (Å²) in [6, 6.07) is 7.70. The second-order valence-corrected chi connectivity index (χ2v) is 12.3. The summed E-state index contributed by atoms with van der Waals surface area (Å²) in [5, 5.41) is 12.8. The molecule has 0 radical (unpaired) electrons. The van der Waals surface area contributed by atoms with Crippen LogP contribution in [0.4, 0.5) is 0 Å². The highest BCUT2D eigenvalue weighted by Gasteiger charge is 2.53. The van der Waals surface area contributed by atoms with Crippen LogP contribution < -0.4 is 14.8 Å². The van der Waals surface area contributed by atoms with E-state index in [-0.39, 0.29) is 43.1 Å². The zero-order valence-electron chi connectivity index (χ0n) is 24.7. The van der Waals surface area contributed by atoms with Crippen molar-refractivity contribution in [2.24, 2.45) is 5.41 Å². The lowest BCUT2D eigenvalue weighted by Crippen LogP contribution is -2.50. The standard InChI is InChI=1S/C30H33N5O5S.CH2O2/c1-19-9-21(12-31-11-19)29(38)35-13-24-23-5-3-6-25-28(23)40-18-30(24,17-35)16-32-26(36)14-34(7-4-8-39-25)27(37)10-22-15-41-20(2)33-22;2-1-3/h3,5-6,9,11-12,15,24H,4,7-8,10,13-14,16-18H2,1-2H3,(H,32,36);1H,(H,2,3)/t24-,30+;/m0./s1. The first-order valence-electron chi connectivity index (χ1n) is 14.4. The van der Waals surface area contributed by atoms with Crippen LogP contribution in [0.25, 0.3) is 0 Å². The number of pyridine rings is 1. The molecule has 232 valence electrons. The van der Waals surface area contributed by atoms with Gasteiger partial charge in [-0.1, -0.05) is 12.1 Å². The summed E-state index contributed by atoms with van der Waals surface area (Å²) in [5.74, 6) is 0.793. The van der Waals surface area contributed by atoms with Gasteiger partial charge in [0.05, 0.1) is 42.4 Å². The first-order chi connectivity index (χ1) is 21.2. The molecular weight excluding hydrogens is 586 g/mol. The molecule has 1 aromatic carbocycles. The second-order valence-electron chi connectivity index (χ2n) is 11.2. The molecule has 13 heteroatoms. The Labute approximate surface area is 259 Å². The molecule has 2 aromatic heterocycles. The van der Waals surface area contributed by atoms with Gasteiger partial charge in [0.1, 0.15) is 0 Å². The lowest BCUT2D eigenvalue weighted by atomic mass is 9.73. The smallest absolute Gasteiger partial charge is 0.290 e. The fourth-order valence-corrected chi connectivity index (χ4v) is 6.68. The average Bonchev–Trinajstić information content (AvgIpc) is 3.61. The summed E-state index contributed by atoms with van der Waals surface area (Å²) in [5.41, 5.74) is 2.61. The molecular formula is C31H35N5O7S. The Morgan fingerprint density at radius 3 is 2.80 bits per heavy atom. The quantitative estimate of drug-likeness (QED) is 0.420. The largest absolute Gasteiger partial charge is 0.490 e. The molecule has 3 amide bonds. The maximum atomic E-state index is 13.6. The van der Waals surface area contributed by atoms with Crippen LogP contribution in [-0.4, -0.2) is 95.0 Å². The molecule has 1 spiro atoms. The molecule has 3 aromatic rings. The van der Waals surface area contributed by atoms with E-state index >= 15 is 0 Å². The number of nitrogens with one attached hydrogen (secondary N) is 1. The Morgan fingerprint density at radius 1 is 1.23 bits per heavy atom. The van der Waals surface area contributed by atoms with Gasteiger partial charge in [-0.15, -0.1) is 11.3 Å². The fraction of sp³-hybridized carbons (Fsp3) is 0.419. The lowest BCUT2D eigenvalue weighted by Gasteiger charge is -2.40. The third-order valence-corrected chi connectivity index (χ3v) is 8.92. The number of carboxylic acid groups (broad SMARTS) is 1. The van der Waals surface area contributed by atoms with E-state index in [1.165, 1.54) is 11.3 Å². The van der Waals surface area contributed by atoms with Crippen molar-refractivity contribution in [3.63, 3.8) is 0 Å². The van der Waals surface area contributed by atoms with Gasteiger partial charge in [0.2, 0.25) is 11.8 Å². The van der Waals surface area contributed by atoms with Crippen LogP contribution >= 0.6 is 11.3 Å². The number of benzene rings is 1. The molecule has 7 rings (SSSR count). The Hall–Kier alpha value is -4.52. The van der Waals surface area contributed by atoms with Crippen molar-refractivity contribution in [2.45, 2.75) is 32.6 Å². The second kappa shape index (κ2) is 13.4. The topological polar surface area (TPSA) is 151 Å². The van der Waals surface area contributed by atoms with Gasteiger partial charge in [0.15, 0.2) is 11.5 Å². The predicted octanol–water partition coefficient (Wildman–Crippen LogP) is 2.44. The number of likely N-dealkylation sites (tertiary alicyclic amines) is 1. The number of rotatable bonds is 3. The summed E-state index contributed by atoms with van der Waals surface area (Å²) in [6.07, 6.45) is 4.02. The number of amides is 3. The summed E-state index contributed by atoms with van der Waals surface area (Å²) >= 11 is 1.50. The molecule has 0 saturated carbocycles. The average molecular weight is 622 g/mol. The molecule has 1 fully saturated rings. The van der Waals surface area contributed by atoms with Crippen molar-refractivity contribution in [3.8, 4) is 11.5 Å². The number of fused-ring (bicyclic) bond motifs is 9. The zero-order valence-corrected chi connectivity index (χ0v) is 25.5. The van der Waals surface area contributed by atoms with Crippen LogP contribution in [0.1, 0.15) is 44.5 Å². The number of ether oxygens (including phenoxy) is 2. The van der Waals surface area contributed by atoms with E-state index in [4.69, 9.17) is 19.4 Å². The number of para-hydroxylation sites is 1. The number of aryl methyl sites for hydroxylation is 2. The van der Waals surface area contributed by atoms with Gasteiger partial charge in [-0.25, -0.2) is 4.98 Å². The van der Waals surface area contributed by atoms with E-state index < -0.39 is 5.41 Å². The number of nitrogens with zero attached hydrogens (tertiary/aromatic N) is 4. The van der Waals surface area contributed by atoms with Crippen LogP contribution in [-0.2, 0) is 20.8 Å². The number of aromatic nitrogens is 2. The lowest BCUT2D eigenvalue weighted by molar-refractivity contribution is -0.136. The van der Waals surface area contributed by atoms with Crippen molar-refractivity contribution in [3.05, 3.63) is 69.4 Å². The van der Waals surface area contributed by atoms with Gasteiger partial charge in [-0.05, 0) is 38.0 Å². The summed E-state index contributed by atoms with van der Waals surface area (Å²) in [4.78, 5) is 60.4. The number of carbonyl (C=O) groups excluding carboxylic acids is 3. The SMILES string of the molecule is Cc1cncc(C(=O)N2C[C@H]3c4cccc5c4OC[C@@]3(CNC(=O)CN(C(=O)Cc3csc(C)n3)CCCO5)C2)c1.O=CO. The van der Waals surface area contributed by atoms with Gasteiger partial charge in [0.25, 0.3) is 12.4 Å². The molecule has 6 heterocycles. The maximum Gasteiger partial charge on any atom is 0.290 e. The number of hydrogen-bond acceptors (Lipinski definition) is 9. The predicted molar refractivity (Wildman–Crippen MR) is 161 cm³/mol. The molecule has 4 aliphatic heterocycles. The Bertz CT molecular complexity index is 1550. The molecule has 4 bridgehead atoms. The molecule has 44 heavy (non-hydrogen) atoms.